The molecule has 1 aliphatic carbocycles. The molecule has 0 saturated heterocycles. The highest BCUT2D eigenvalue weighted by Gasteiger charge is 2.40. The van der Waals surface area contributed by atoms with Crippen molar-refractivity contribution in [3.05, 3.63) is 11.8 Å². The number of aliphatic hydroxyl groups is 1. The van der Waals surface area contributed by atoms with Crippen LogP contribution in [-0.2, 0) is 4.79 Å². The van der Waals surface area contributed by atoms with Crippen molar-refractivity contribution in [1.82, 2.24) is 0 Å². The predicted molar refractivity (Wildman–Crippen MR) is 57.5 cm³/mol. The SMILES string of the molecule is CC=C(O)C1(F)CCC(C(=O)CC)CC1. The Morgan fingerprint density at radius 2 is 2.07 bits per heavy atom. The molecule has 0 aliphatic heterocycles. The smallest absolute Gasteiger partial charge is 0.167 e. The van der Waals surface area contributed by atoms with Gasteiger partial charge in [-0.3, -0.25) is 4.79 Å². The number of alkyl halides is 1. The molecule has 0 heterocycles. The molecule has 0 aromatic carbocycles. The minimum atomic E-state index is -1.58. The van der Waals surface area contributed by atoms with Crippen molar-refractivity contribution in [2.24, 2.45) is 5.92 Å². The molecule has 0 radical (unpaired) electrons. The number of aliphatic hydroxyl groups excluding tert-OH is 1. The van der Waals surface area contributed by atoms with Gasteiger partial charge in [0.05, 0.1) is 0 Å². The van der Waals surface area contributed by atoms with Crippen molar-refractivity contribution in [2.45, 2.75) is 51.6 Å². The molecule has 86 valence electrons. The quantitative estimate of drug-likeness (QED) is 0.732. The van der Waals surface area contributed by atoms with Crippen LogP contribution in [0.5, 0.6) is 0 Å². The monoisotopic (exact) mass is 214 g/mol. The number of hydrogen-bond donors (Lipinski definition) is 1. The molecule has 1 rings (SSSR count). The van der Waals surface area contributed by atoms with Gasteiger partial charge in [-0.05, 0) is 38.7 Å². The van der Waals surface area contributed by atoms with Gasteiger partial charge in [0.15, 0.2) is 5.67 Å². The Labute approximate surface area is 90.2 Å². The molecule has 0 aromatic heterocycles. The van der Waals surface area contributed by atoms with Gasteiger partial charge in [0.2, 0.25) is 0 Å². The summed E-state index contributed by atoms with van der Waals surface area (Å²) in [6, 6.07) is 0. The molecular formula is C12H19FO2. The van der Waals surface area contributed by atoms with Gasteiger partial charge >= 0.3 is 0 Å². The Kier molecular flexibility index (Phi) is 3.89. The summed E-state index contributed by atoms with van der Waals surface area (Å²) in [6.45, 7) is 3.46. The van der Waals surface area contributed by atoms with Crippen LogP contribution in [0.4, 0.5) is 4.39 Å². The second-order valence-corrected chi connectivity index (χ2v) is 4.23. The van der Waals surface area contributed by atoms with E-state index in [-0.39, 0.29) is 30.3 Å². The standard InChI is InChI=1S/C12H19FO2/c1-3-10(14)9-5-7-12(13,8-6-9)11(15)4-2/h4,9,15H,3,5-8H2,1-2H3. The number of carbonyl (C=O) groups excluding carboxylic acids is 1. The molecular weight excluding hydrogens is 195 g/mol. The topological polar surface area (TPSA) is 37.3 Å². The molecule has 0 atom stereocenters. The maximum absolute atomic E-state index is 14.1. The number of carbonyl (C=O) groups is 1. The van der Waals surface area contributed by atoms with Crippen LogP contribution in [0.1, 0.15) is 46.0 Å². The Morgan fingerprint density at radius 1 is 1.53 bits per heavy atom. The van der Waals surface area contributed by atoms with E-state index in [4.69, 9.17) is 0 Å². The number of hydrogen-bond acceptors (Lipinski definition) is 2. The van der Waals surface area contributed by atoms with E-state index in [1.807, 2.05) is 6.92 Å². The summed E-state index contributed by atoms with van der Waals surface area (Å²) >= 11 is 0. The van der Waals surface area contributed by atoms with Crippen LogP contribution in [0.25, 0.3) is 0 Å². The van der Waals surface area contributed by atoms with Crippen molar-refractivity contribution in [3.8, 4) is 0 Å². The van der Waals surface area contributed by atoms with Crippen LogP contribution in [0.3, 0.4) is 0 Å². The summed E-state index contributed by atoms with van der Waals surface area (Å²) in [7, 11) is 0. The third kappa shape index (κ3) is 2.58. The number of rotatable bonds is 3. The van der Waals surface area contributed by atoms with E-state index in [1.165, 1.54) is 6.08 Å². The fraction of sp³-hybridized carbons (Fsp3) is 0.750. The maximum Gasteiger partial charge on any atom is 0.167 e. The Hall–Kier alpha value is -0.860. The Balaban J connectivity index is 2.59. The van der Waals surface area contributed by atoms with Gasteiger partial charge in [-0.1, -0.05) is 6.92 Å². The third-order valence-electron chi connectivity index (χ3n) is 3.31. The van der Waals surface area contributed by atoms with Gasteiger partial charge in [-0.25, -0.2) is 4.39 Å². The van der Waals surface area contributed by atoms with E-state index in [9.17, 15) is 14.3 Å². The van der Waals surface area contributed by atoms with Crippen LogP contribution in [-0.4, -0.2) is 16.6 Å². The van der Waals surface area contributed by atoms with Crippen LogP contribution >= 0.6 is 0 Å². The molecule has 0 unspecified atom stereocenters. The summed E-state index contributed by atoms with van der Waals surface area (Å²) < 4.78 is 14.1. The first-order chi connectivity index (χ1) is 7.03. The summed E-state index contributed by atoms with van der Waals surface area (Å²) in [5.41, 5.74) is -1.58. The van der Waals surface area contributed by atoms with Crippen LogP contribution in [0, 0.1) is 5.92 Å². The number of allylic oxidation sites excluding steroid dienone is 2. The molecule has 1 saturated carbocycles. The average Bonchev–Trinajstić information content (AvgIpc) is 2.28. The Morgan fingerprint density at radius 3 is 2.47 bits per heavy atom. The van der Waals surface area contributed by atoms with Gasteiger partial charge in [0.1, 0.15) is 11.5 Å². The van der Waals surface area contributed by atoms with Crippen molar-refractivity contribution in [2.75, 3.05) is 0 Å². The van der Waals surface area contributed by atoms with Crippen molar-refractivity contribution in [3.63, 3.8) is 0 Å². The second-order valence-electron chi connectivity index (χ2n) is 4.23. The molecule has 15 heavy (non-hydrogen) atoms. The van der Waals surface area contributed by atoms with E-state index in [0.29, 0.717) is 19.3 Å². The molecule has 0 spiro atoms. The highest BCUT2D eigenvalue weighted by molar-refractivity contribution is 5.80. The third-order valence-corrected chi connectivity index (χ3v) is 3.31. The first-order valence-corrected chi connectivity index (χ1v) is 5.61. The first kappa shape index (κ1) is 12.2. The summed E-state index contributed by atoms with van der Waals surface area (Å²) in [4.78, 5) is 11.4. The normalized spacial score (nSPS) is 32.7. The Bertz CT molecular complexity index is 263. The minimum absolute atomic E-state index is 0.00327. The predicted octanol–water partition coefficient (Wildman–Crippen LogP) is 3.33. The zero-order valence-corrected chi connectivity index (χ0v) is 9.42. The van der Waals surface area contributed by atoms with Crippen molar-refractivity contribution >= 4 is 5.78 Å². The van der Waals surface area contributed by atoms with E-state index in [1.54, 1.807) is 6.92 Å². The summed E-state index contributed by atoms with van der Waals surface area (Å²) in [5.74, 6) is 0.0467. The zero-order valence-electron chi connectivity index (χ0n) is 9.42. The highest BCUT2D eigenvalue weighted by atomic mass is 19.1. The van der Waals surface area contributed by atoms with Gasteiger partial charge < -0.3 is 5.11 Å². The highest BCUT2D eigenvalue weighted by Crippen LogP contribution is 2.39. The average molecular weight is 214 g/mol. The lowest BCUT2D eigenvalue weighted by Gasteiger charge is -2.32. The molecule has 3 heteroatoms. The molecule has 1 aliphatic rings. The summed E-state index contributed by atoms with van der Waals surface area (Å²) in [6.07, 6.45) is 3.57. The molecule has 1 N–H and O–H groups in total. The minimum Gasteiger partial charge on any atom is -0.509 e. The molecule has 1 fully saturated rings. The van der Waals surface area contributed by atoms with E-state index >= 15 is 0 Å². The molecule has 2 nitrogen and oxygen atoms in total. The molecule has 0 bridgehead atoms. The fourth-order valence-electron chi connectivity index (χ4n) is 2.20. The molecule has 0 aromatic rings. The van der Waals surface area contributed by atoms with Gasteiger partial charge in [0.25, 0.3) is 0 Å². The number of halogens is 1. The van der Waals surface area contributed by atoms with Crippen molar-refractivity contribution in [1.29, 1.82) is 0 Å². The summed E-state index contributed by atoms with van der Waals surface area (Å²) in [5, 5.41) is 9.43. The maximum atomic E-state index is 14.1. The lowest BCUT2D eigenvalue weighted by Crippen LogP contribution is -2.33. The van der Waals surface area contributed by atoms with Gasteiger partial charge in [-0.2, -0.15) is 0 Å². The van der Waals surface area contributed by atoms with Gasteiger partial charge in [-0.15, -0.1) is 0 Å². The lowest BCUT2D eigenvalue weighted by atomic mass is 9.77. The second kappa shape index (κ2) is 4.77. The van der Waals surface area contributed by atoms with E-state index in [0.717, 1.165) is 0 Å². The van der Waals surface area contributed by atoms with Gasteiger partial charge in [0, 0.05) is 12.3 Å². The fourth-order valence-corrected chi connectivity index (χ4v) is 2.20. The van der Waals surface area contributed by atoms with E-state index < -0.39 is 5.67 Å². The van der Waals surface area contributed by atoms with E-state index in [2.05, 4.69) is 0 Å². The number of Topliss-reactive ketones (excluding diaryl/α,β-unsaturated/α-hetero) is 1. The zero-order chi connectivity index (χ0) is 11.5. The number of ketones is 1. The first-order valence-electron chi connectivity index (χ1n) is 5.61. The lowest BCUT2D eigenvalue weighted by molar-refractivity contribution is -0.124. The van der Waals surface area contributed by atoms with Crippen LogP contribution < -0.4 is 0 Å². The van der Waals surface area contributed by atoms with Crippen LogP contribution in [0.15, 0.2) is 11.8 Å². The van der Waals surface area contributed by atoms with Crippen molar-refractivity contribution < 1.29 is 14.3 Å². The van der Waals surface area contributed by atoms with Crippen LogP contribution in [0.2, 0.25) is 0 Å². The molecule has 0 amide bonds. The largest absolute Gasteiger partial charge is 0.509 e.